The summed E-state index contributed by atoms with van der Waals surface area (Å²) in [6, 6.07) is 0.508. The van der Waals surface area contributed by atoms with Gasteiger partial charge in [0.2, 0.25) is 0 Å². The quantitative estimate of drug-likeness (QED) is 0.600. The van der Waals surface area contributed by atoms with Crippen molar-refractivity contribution in [3.8, 4) is 0 Å². The zero-order chi connectivity index (χ0) is 7.68. The average Bonchev–Trinajstić information content (AvgIpc) is 2.50. The van der Waals surface area contributed by atoms with Crippen molar-refractivity contribution in [1.82, 2.24) is 5.32 Å². The van der Waals surface area contributed by atoms with Crippen molar-refractivity contribution in [2.45, 2.75) is 25.3 Å². The second-order valence-corrected chi connectivity index (χ2v) is 3.96. The van der Waals surface area contributed by atoms with E-state index in [9.17, 15) is 4.79 Å². The smallest absolute Gasteiger partial charge is 0.146 e. The van der Waals surface area contributed by atoms with Crippen LogP contribution in [-0.2, 0) is 4.79 Å². The minimum absolute atomic E-state index is 0.508. The van der Waals surface area contributed by atoms with Crippen LogP contribution in [0.4, 0.5) is 0 Å². The third-order valence-electron chi connectivity index (χ3n) is 2.27. The Hall–Kier alpha value is -0.280. The number of fused-ring (bicyclic) bond motifs is 1. The number of allylic oxidation sites excluding steroid dienone is 1. The molecule has 0 radical (unpaired) electrons. The molecule has 2 rings (SSSR count). The average molecular weight is 169 g/mol. The summed E-state index contributed by atoms with van der Waals surface area (Å²) >= 11 is 1.80. The van der Waals surface area contributed by atoms with Gasteiger partial charge in [-0.25, -0.2) is 0 Å². The maximum Gasteiger partial charge on any atom is 0.146 e. The van der Waals surface area contributed by atoms with Gasteiger partial charge in [0.1, 0.15) is 6.29 Å². The predicted octanol–water partition coefficient (Wildman–Crippen LogP) is 1.29. The molecular formula is C8H11NOS. The molecule has 0 bridgehead atoms. The molecule has 1 saturated heterocycles. The summed E-state index contributed by atoms with van der Waals surface area (Å²) in [7, 11) is 0. The number of nitrogens with one attached hydrogen (secondary N) is 1. The lowest BCUT2D eigenvalue weighted by atomic mass is 9.96. The molecule has 0 saturated carbocycles. The monoisotopic (exact) mass is 169 g/mol. The molecule has 0 aromatic rings. The van der Waals surface area contributed by atoms with Gasteiger partial charge in [0.15, 0.2) is 0 Å². The van der Waals surface area contributed by atoms with E-state index in [0.29, 0.717) is 6.04 Å². The number of hydrogen-bond donors (Lipinski definition) is 1. The van der Waals surface area contributed by atoms with Gasteiger partial charge in [0, 0.05) is 22.4 Å². The molecule has 1 atom stereocenters. The van der Waals surface area contributed by atoms with Gasteiger partial charge in [-0.1, -0.05) is 0 Å². The van der Waals surface area contributed by atoms with Crippen LogP contribution in [0.2, 0.25) is 0 Å². The Labute approximate surface area is 70.4 Å². The largest absolute Gasteiger partial charge is 0.300 e. The summed E-state index contributed by atoms with van der Waals surface area (Å²) < 4.78 is 0. The second-order valence-electron chi connectivity index (χ2n) is 2.94. The van der Waals surface area contributed by atoms with E-state index >= 15 is 0 Å². The van der Waals surface area contributed by atoms with Crippen molar-refractivity contribution < 1.29 is 4.79 Å². The number of rotatable bonds is 1. The van der Waals surface area contributed by atoms with Crippen molar-refractivity contribution in [1.29, 1.82) is 0 Å². The van der Waals surface area contributed by atoms with Crippen LogP contribution in [-0.4, -0.2) is 18.2 Å². The fourth-order valence-corrected chi connectivity index (χ4v) is 2.88. The molecule has 0 aromatic carbocycles. The van der Waals surface area contributed by atoms with Gasteiger partial charge in [0.05, 0.1) is 0 Å². The van der Waals surface area contributed by atoms with Crippen LogP contribution in [0.5, 0.6) is 0 Å². The van der Waals surface area contributed by atoms with Crippen LogP contribution >= 0.6 is 11.8 Å². The highest BCUT2D eigenvalue weighted by Crippen LogP contribution is 2.35. The molecule has 2 aliphatic rings. The fourth-order valence-electron chi connectivity index (χ4n) is 1.70. The number of carbonyl (C=O) groups is 1. The summed E-state index contributed by atoms with van der Waals surface area (Å²) in [5.41, 5.74) is 1.04. The molecule has 2 nitrogen and oxygen atoms in total. The van der Waals surface area contributed by atoms with Gasteiger partial charge in [-0.15, -0.1) is 11.8 Å². The highest BCUT2D eigenvalue weighted by molar-refractivity contribution is 8.03. The first kappa shape index (κ1) is 7.37. The molecule has 1 aliphatic carbocycles. The lowest BCUT2D eigenvalue weighted by Crippen LogP contribution is -2.25. The second kappa shape index (κ2) is 2.99. The molecule has 1 fully saturated rings. The van der Waals surface area contributed by atoms with Crippen LogP contribution in [0.25, 0.3) is 0 Å². The highest BCUT2D eigenvalue weighted by Gasteiger charge is 2.26. The molecular weight excluding hydrogens is 158 g/mol. The van der Waals surface area contributed by atoms with Crippen LogP contribution in [0.1, 0.15) is 19.3 Å². The lowest BCUT2D eigenvalue weighted by molar-refractivity contribution is -0.105. The van der Waals surface area contributed by atoms with E-state index in [1.54, 1.807) is 11.8 Å². The van der Waals surface area contributed by atoms with E-state index in [1.165, 1.54) is 11.3 Å². The number of hydrogen-bond acceptors (Lipinski definition) is 3. The van der Waals surface area contributed by atoms with Gasteiger partial charge < -0.3 is 5.32 Å². The van der Waals surface area contributed by atoms with Crippen LogP contribution in [0, 0.1) is 0 Å². The van der Waals surface area contributed by atoms with Gasteiger partial charge in [-0.2, -0.15) is 0 Å². The Morgan fingerprint density at radius 1 is 1.64 bits per heavy atom. The highest BCUT2D eigenvalue weighted by atomic mass is 32.2. The first-order valence-electron chi connectivity index (χ1n) is 3.96. The standard InChI is InChI=1S/C8H11NOS/c10-4-6-2-1-3-7-8(6)11-5-9-7/h4,7,9H,1-3,5H2. The van der Waals surface area contributed by atoms with E-state index < -0.39 is 0 Å². The number of carbonyl (C=O) groups excluding carboxylic acids is 1. The Morgan fingerprint density at radius 2 is 2.55 bits per heavy atom. The van der Waals surface area contributed by atoms with Crippen molar-refractivity contribution in [2.75, 3.05) is 5.88 Å². The first-order chi connectivity index (χ1) is 5.42. The Kier molecular flexibility index (Phi) is 2.00. The van der Waals surface area contributed by atoms with Crippen molar-refractivity contribution in [3.05, 3.63) is 10.5 Å². The molecule has 0 amide bonds. The number of thioether (sulfide) groups is 1. The molecule has 0 aromatic heterocycles. The topological polar surface area (TPSA) is 29.1 Å². The number of aldehydes is 1. The minimum Gasteiger partial charge on any atom is -0.300 e. The zero-order valence-electron chi connectivity index (χ0n) is 6.30. The summed E-state index contributed by atoms with van der Waals surface area (Å²) in [4.78, 5) is 11.9. The summed E-state index contributed by atoms with van der Waals surface area (Å²) in [5.74, 6) is 0.983. The van der Waals surface area contributed by atoms with Crippen molar-refractivity contribution >= 4 is 18.0 Å². The summed E-state index contributed by atoms with van der Waals surface area (Å²) in [6.07, 6.45) is 4.39. The molecule has 1 unspecified atom stereocenters. The molecule has 1 aliphatic heterocycles. The van der Waals surface area contributed by atoms with Gasteiger partial charge in [-0.3, -0.25) is 4.79 Å². The Balaban J connectivity index is 2.29. The summed E-state index contributed by atoms with van der Waals surface area (Å²) in [6.45, 7) is 0. The van der Waals surface area contributed by atoms with E-state index in [1.807, 2.05) is 0 Å². The van der Waals surface area contributed by atoms with Crippen LogP contribution < -0.4 is 5.32 Å². The molecule has 1 heterocycles. The minimum atomic E-state index is 0.508. The van der Waals surface area contributed by atoms with Crippen LogP contribution in [0.3, 0.4) is 0 Å². The SMILES string of the molecule is O=CC1=C2SCNC2CCC1. The summed E-state index contributed by atoms with van der Waals surface area (Å²) in [5, 5.41) is 3.37. The molecule has 1 N–H and O–H groups in total. The van der Waals surface area contributed by atoms with Crippen molar-refractivity contribution in [2.24, 2.45) is 0 Å². The lowest BCUT2D eigenvalue weighted by Gasteiger charge is -2.18. The Morgan fingerprint density at radius 3 is 3.36 bits per heavy atom. The molecule has 60 valence electrons. The van der Waals surface area contributed by atoms with E-state index in [2.05, 4.69) is 5.32 Å². The van der Waals surface area contributed by atoms with E-state index in [0.717, 1.165) is 30.6 Å². The maximum atomic E-state index is 10.6. The fraction of sp³-hybridized carbons (Fsp3) is 0.625. The zero-order valence-corrected chi connectivity index (χ0v) is 7.12. The molecule has 11 heavy (non-hydrogen) atoms. The van der Waals surface area contributed by atoms with Gasteiger partial charge in [-0.05, 0) is 19.3 Å². The van der Waals surface area contributed by atoms with Gasteiger partial charge >= 0.3 is 0 Å². The molecule has 0 spiro atoms. The predicted molar refractivity (Wildman–Crippen MR) is 46.3 cm³/mol. The third kappa shape index (κ3) is 1.23. The van der Waals surface area contributed by atoms with Crippen LogP contribution in [0.15, 0.2) is 10.5 Å². The van der Waals surface area contributed by atoms with E-state index in [-0.39, 0.29) is 0 Å². The van der Waals surface area contributed by atoms with Gasteiger partial charge in [0.25, 0.3) is 0 Å². The van der Waals surface area contributed by atoms with Crippen molar-refractivity contribution in [3.63, 3.8) is 0 Å². The normalized spacial score (nSPS) is 30.4. The molecule has 3 heteroatoms. The Bertz CT molecular complexity index is 212. The first-order valence-corrected chi connectivity index (χ1v) is 4.95. The maximum absolute atomic E-state index is 10.6. The van der Waals surface area contributed by atoms with E-state index in [4.69, 9.17) is 0 Å². The third-order valence-corrected chi connectivity index (χ3v) is 3.44.